The summed E-state index contributed by atoms with van der Waals surface area (Å²) in [4.78, 5) is 13.3. The SMILES string of the molecule is CCC1CCc2onc(C(=O)Nc3c(C)nn(Cc4cccc(S(=O)(=O)N(C)C)c4)c3C)c2C1. The van der Waals surface area contributed by atoms with E-state index in [2.05, 4.69) is 22.5 Å². The molecule has 9 nitrogen and oxygen atoms in total. The highest BCUT2D eigenvalue weighted by atomic mass is 32.2. The van der Waals surface area contributed by atoms with Crippen LogP contribution in [0.5, 0.6) is 0 Å². The Balaban J connectivity index is 1.56. The van der Waals surface area contributed by atoms with Crippen molar-refractivity contribution < 1.29 is 17.7 Å². The third-order valence-corrected chi connectivity index (χ3v) is 8.37. The third kappa shape index (κ3) is 4.52. The minimum Gasteiger partial charge on any atom is -0.360 e. The fraction of sp³-hybridized carbons (Fsp3) is 0.458. The number of amides is 1. The molecule has 1 aliphatic carbocycles. The Morgan fingerprint density at radius 2 is 2.06 bits per heavy atom. The van der Waals surface area contributed by atoms with Gasteiger partial charge in [0.25, 0.3) is 5.91 Å². The lowest BCUT2D eigenvalue weighted by atomic mass is 9.85. The van der Waals surface area contributed by atoms with Crippen LogP contribution in [0.4, 0.5) is 5.69 Å². The van der Waals surface area contributed by atoms with Gasteiger partial charge in [-0.05, 0) is 50.3 Å². The number of hydrogen-bond acceptors (Lipinski definition) is 6. The highest BCUT2D eigenvalue weighted by Crippen LogP contribution is 2.31. The van der Waals surface area contributed by atoms with Crippen molar-refractivity contribution in [1.82, 2.24) is 19.2 Å². The number of aromatic nitrogens is 3. The Morgan fingerprint density at radius 3 is 2.76 bits per heavy atom. The van der Waals surface area contributed by atoms with Crippen LogP contribution < -0.4 is 5.32 Å². The van der Waals surface area contributed by atoms with E-state index in [1.54, 1.807) is 22.9 Å². The maximum Gasteiger partial charge on any atom is 0.278 e. The molecule has 1 N–H and O–H groups in total. The zero-order chi connectivity index (χ0) is 24.6. The molecule has 2 heterocycles. The van der Waals surface area contributed by atoms with Crippen molar-refractivity contribution in [3.63, 3.8) is 0 Å². The van der Waals surface area contributed by atoms with E-state index in [-0.39, 0.29) is 10.8 Å². The lowest BCUT2D eigenvalue weighted by Crippen LogP contribution is -2.22. The normalized spacial score (nSPS) is 16.0. The largest absolute Gasteiger partial charge is 0.360 e. The lowest BCUT2D eigenvalue weighted by molar-refractivity contribution is 0.101. The third-order valence-electron chi connectivity index (χ3n) is 6.56. The van der Waals surface area contributed by atoms with Crippen molar-refractivity contribution in [3.8, 4) is 0 Å². The minimum atomic E-state index is -3.53. The summed E-state index contributed by atoms with van der Waals surface area (Å²) in [6.45, 7) is 6.24. The maximum atomic E-state index is 13.1. The van der Waals surface area contributed by atoms with E-state index in [0.717, 1.165) is 48.3 Å². The van der Waals surface area contributed by atoms with Crippen molar-refractivity contribution in [1.29, 1.82) is 0 Å². The highest BCUT2D eigenvalue weighted by Gasteiger charge is 2.29. The first kappa shape index (κ1) is 24.2. The molecule has 0 bridgehead atoms. The number of carbonyl (C=O) groups excluding carboxylic acids is 1. The number of rotatable bonds is 7. The van der Waals surface area contributed by atoms with Gasteiger partial charge in [0.2, 0.25) is 10.0 Å². The molecule has 0 saturated carbocycles. The molecule has 182 valence electrons. The topological polar surface area (TPSA) is 110 Å². The first-order valence-corrected chi connectivity index (χ1v) is 12.9. The number of nitrogens with zero attached hydrogens (tertiary/aromatic N) is 4. The number of aryl methyl sites for hydroxylation is 2. The van der Waals surface area contributed by atoms with Crippen LogP contribution in [0.3, 0.4) is 0 Å². The zero-order valence-electron chi connectivity index (χ0n) is 20.3. The summed E-state index contributed by atoms with van der Waals surface area (Å²) >= 11 is 0. The summed E-state index contributed by atoms with van der Waals surface area (Å²) in [5, 5.41) is 11.6. The van der Waals surface area contributed by atoms with Gasteiger partial charge in [0, 0.05) is 26.1 Å². The van der Waals surface area contributed by atoms with Crippen molar-refractivity contribution in [2.45, 2.75) is 57.9 Å². The summed E-state index contributed by atoms with van der Waals surface area (Å²) in [5.41, 5.74) is 4.13. The average molecular weight is 486 g/mol. The molecule has 1 aromatic carbocycles. The maximum absolute atomic E-state index is 13.1. The van der Waals surface area contributed by atoms with Crippen LogP contribution in [0.15, 0.2) is 33.7 Å². The van der Waals surface area contributed by atoms with Crippen molar-refractivity contribution >= 4 is 21.6 Å². The molecule has 0 spiro atoms. The molecule has 1 unspecified atom stereocenters. The lowest BCUT2D eigenvalue weighted by Gasteiger charge is -2.19. The van der Waals surface area contributed by atoms with E-state index >= 15 is 0 Å². The number of benzene rings is 1. The molecule has 1 atom stereocenters. The number of sulfonamides is 1. The van der Waals surface area contributed by atoms with Gasteiger partial charge in [-0.2, -0.15) is 5.10 Å². The first-order chi connectivity index (χ1) is 16.1. The van der Waals surface area contributed by atoms with Gasteiger partial charge in [-0.15, -0.1) is 0 Å². The number of anilines is 1. The Bertz CT molecular complexity index is 1320. The highest BCUT2D eigenvalue weighted by molar-refractivity contribution is 7.89. The van der Waals surface area contributed by atoms with Crippen LogP contribution in [0, 0.1) is 19.8 Å². The second kappa shape index (κ2) is 9.34. The molecule has 4 rings (SSSR count). The van der Waals surface area contributed by atoms with Crippen LogP contribution >= 0.6 is 0 Å². The van der Waals surface area contributed by atoms with Crippen molar-refractivity contribution in [2.75, 3.05) is 19.4 Å². The molecular weight excluding hydrogens is 454 g/mol. The van der Waals surface area contributed by atoms with Gasteiger partial charge >= 0.3 is 0 Å². The molecule has 10 heteroatoms. The van der Waals surface area contributed by atoms with E-state index in [9.17, 15) is 13.2 Å². The molecule has 2 aromatic heterocycles. The summed E-state index contributed by atoms with van der Waals surface area (Å²) in [6, 6.07) is 6.80. The molecule has 0 saturated heterocycles. The second-order valence-corrected chi connectivity index (χ2v) is 11.2. The van der Waals surface area contributed by atoms with Gasteiger partial charge in [-0.3, -0.25) is 9.48 Å². The van der Waals surface area contributed by atoms with Gasteiger partial charge in [0.15, 0.2) is 5.69 Å². The van der Waals surface area contributed by atoms with Crippen molar-refractivity contribution in [3.05, 3.63) is 58.2 Å². The molecule has 0 aliphatic heterocycles. The van der Waals surface area contributed by atoms with Gasteiger partial charge in [-0.25, -0.2) is 12.7 Å². The Kier molecular flexibility index (Phi) is 6.64. The standard InChI is InChI=1S/C24H31N5O4S/c1-6-17-10-11-21-20(13-17)23(27-33-21)24(30)25-22-15(2)26-29(16(22)3)14-18-8-7-9-19(12-18)34(31,32)28(4)5/h7-9,12,17H,6,10-11,13-14H2,1-5H3,(H,25,30). The molecule has 1 amide bonds. The monoisotopic (exact) mass is 485 g/mol. The van der Waals surface area contributed by atoms with E-state index in [1.807, 2.05) is 19.9 Å². The van der Waals surface area contributed by atoms with Crippen LogP contribution in [-0.4, -0.2) is 47.7 Å². The predicted octanol–water partition coefficient (Wildman–Crippen LogP) is 3.55. The molecule has 3 aromatic rings. The number of hydrogen-bond donors (Lipinski definition) is 1. The van der Waals surface area contributed by atoms with Crippen LogP contribution in [-0.2, 0) is 29.4 Å². The van der Waals surface area contributed by atoms with Gasteiger partial charge in [0.1, 0.15) is 5.76 Å². The van der Waals surface area contributed by atoms with Gasteiger partial charge < -0.3 is 9.84 Å². The molecule has 1 aliphatic rings. The first-order valence-electron chi connectivity index (χ1n) is 11.5. The molecular formula is C24H31N5O4S. The van der Waals surface area contributed by atoms with Crippen LogP contribution in [0.1, 0.15) is 58.5 Å². The zero-order valence-corrected chi connectivity index (χ0v) is 21.1. The quantitative estimate of drug-likeness (QED) is 0.548. The van der Waals surface area contributed by atoms with Crippen LogP contribution in [0.25, 0.3) is 0 Å². The molecule has 34 heavy (non-hydrogen) atoms. The van der Waals surface area contributed by atoms with Crippen LogP contribution in [0.2, 0.25) is 0 Å². The molecule has 0 radical (unpaired) electrons. The fourth-order valence-corrected chi connectivity index (χ4v) is 5.37. The minimum absolute atomic E-state index is 0.228. The fourth-order valence-electron chi connectivity index (χ4n) is 4.40. The Labute approximate surface area is 200 Å². The Morgan fingerprint density at radius 1 is 1.29 bits per heavy atom. The Hall–Kier alpha value is -2.98. The van der Waals surface area contributed by atoms with E-state index in [0.29, 0.717) is 29.5 Å². The number of nitrogens with one attached hydrogen (secondary N) is 1. The smallest absolute Gasteiger partial charge is 0.278 e. The predicted molar refractivity (Wildman–Crippen MR) is 128 cm³/mol. The second-order valence-electron chi connectivity index (χ2n) is 9.04. The molecule has 0 fully saturated rings. The summed E-state index contributed by atoms with van der Waals surface area (Å²) in [5.74, 6) is 1.05. The average Bonchev–Trinajstić information content (AvgIpc) is 3.35. The summed E-state index contributed by atoms with van der Waals surface area (Å²) in [6.07, 6.45) is 3.74. The van der Waals surface area contributed by atoms with Gasteiger partial charge in [-0.1, -0.05) is 30.6 Å². The van der Waals surface area contributed by atoms with E-state index in [4.69, 9.17) is 4.52 Å². The summed E-state index contributed by atoms with van der Waals surface area (Å²) < 4.78 is 33.4. The number of fused-ring (bicyclic) bond motifs is 1. The van der Waals surface area contributed by atoms with E-state index in [1.165, 1.54) is 18.4 Å². The summed E-state index contributed by atoms with van der Waals surface area (Å²) in [7, 11) is -0.516. The van der Waals surface area contributed by atoms with Gasteiger partial charge in [0.05, 0.1) is 28.5 Å². The number of carbonyl (C=O) groups is 1. The van der Waals surface area contributed by atoms with Crippen molar-refractivity contribution in [2.24, 2.45) is 5.92 Å². The van der Waals surface area contributed by atoms with E-state index < -0.39 is 10.0 Å².